The van der Waals surface area contributed by atoms with E-state index in [0.717, 1.165) is 49.7 Å². The van der Waals surface area contributed by atoms with E-state index < -0.39 is 5.97 Å². The Bertz CT molecular complexity index is 1250. The first-order valence-corrected chi connectivity index (χ1v) is 12.0. The fourth-order valence-electron chi connectivity index (χ4n) is 5.54. The van der Waals surface area contributed by atoms with Crippen LogP contribution in [0, 0.1) is 0 Å². The van der Waals surface area contributed by atoms with Gasteiger partial charge < -0.3 is 14.6 Å². The Labute approximate surface area is 198 Å². The van der Waals surface area contributed by atoms with Crippen molar-refractivity contribution in [1.29, 1.82) is 0 Å². The van der Waals surface area contributed by atoms with Gasteiger partial charge in [-0.1, -0.05) is 24.3 Å². The summed E-state index contributed by atoms with van der Waals surface area (Å²) >= 11 is 0. The standard InChI is InChI=1S/C26H30N4O4/c1-34-25(32)20-9-3-2-8-19(20)24(31)28-16-13-18(14-17-28)29-15-7-6-12-23(29)30-22-11-5-4-10-21(22)27-26(30)33/h2-5,8-11,18,23H,6-7,12-17H2,1H3,(H,27,33). The summed E-state index contributed by atoms with van der Waals surface area (Å²) in [6.45, 7) is 2.18. The highest BCUT2D eigenvalue weighted by Crippen LogP contribution is 2.33. The zero-order valence-corrected chi connectivity index (χ0v) is 19.4. The van der Waals surface area contributed by atoms with E-state index in [2.05, 4.69) is 9.88 Å². The van der Waals surface area contributed by atoms with Gasteiger partial charge in [-0.15, -0.1) is 0 Å². The molecule has 2 aromatic carbocycles. The molecule has 1 atom stereocenters. The predicted molar refractivity (Wildman–Crippen MR) is 129 cm³/mol. The number of nitrogens with one attached hydrogen (secondary N) is 1. The molecule has 2 aliphatic rings. The van der Waals surface area contributed by atoms with Gasteiger partial charge in [0.15, 0.2) is 0 Å². The largest absolute Gasteiger partial charge is 0.465 e. The Morgan fingerprint density at radius 1 is 0.912 bits per heavy atom. The molecule has 34 heavy (non-hydrogen) atoms. The number of esters is 1. The maximum Gasteiger partial charge on any atom is 0.338 e. The van der Waals surface area contributed by atoms with E-state index in [0.29, 0.717) is 30.3 Å². The number of aromatic amines is 1. The minimum Gasteiger partial charge on any atom is -0.465 e. The number of hydrogen-bond acceptors (Lipinski definition) is 5. The molecule has 3 heterocycles. The van der Waals surface area contributed by atoms with E-state index in [1.54, 1.807) is 24.3 Å². The Balaban J connectivity index is 1.33. The van der Waals surface area contributed by atoms with Gasteiger partial charge in [0.2, 0.25) is 0 Å². The molecular formula is C26H30N4O4. The summed E-state index contributed by atoms with van der Waals surface area (Å²) in [6, 6.07) is 15.0. The lowest BCUT2D eigenvalue weighted by atomic mass is 9.97. The van der Waals surface area contributed by atoms with Crippen molar-refractivity contribution in [3.63, 3.8) is 0 Å². The van der Waals surface area contributed by atoms with Crippen molar-refractivity contribution >= 4 is 22.9 Å². The van der Waals surface area contributed by atoms with Gasteiger partial charge in [0.05, 0.1) is 35.4 Å². The predicted octanol–water partition coefficient (Wildman–Crippen LogP) is 3.41. The minimum atomic E-state index is -0.501. The molecule has 1 N–H and O–H groups in total. The minimum absolute atomic E-state index is 0.0182. The number of rotatable bonds is 4. The second-order valence-corrected chi connectivity index (χ2v) is 9.09. The number of benzene rings is 2. The normalized spacial score (nSPS) is 19.9. The molecule has 1 aromatic heterocycles. The van der Waals surface area contributed by atoms with Crippen LogP contribution < -0.4 is 5.69 Å². The van der Waals surface area contributed by atoms with Gasteiger partial charge in [0.25, 0.3) is 5.91 Å². The molecule has 1 amide bonds. The number of likely N-dealkylation sites (tertiary alicyclic amines) is 2. The number of H-pyrrole nitrogens is 1. The maximum atomic E-state index is 13.2. The van der Waals surface area contributed by atoms with Crippen LogP contribution in [0.5, 0.6) is 0 Å². The first kappa shape index (κ1) is 22.4. The van der Waals surface area contributed by atoms with Gasteiger partial charge in [0, 0.05) is 25.7 Å². The van der Waals surface area contributed by atoms with Crippen molar-refractivity contribution in [3.8, 4) is 0 Å². The van der Waals surface area contributed by atoms with Crippen molar-refractivity contribution in [2.45, 2.75) is 44.3 Å². The van der Waals surface area contributed by atoms with Crippen molar-refractivity contribution in [1.82, 2.24) is 19.4 Å². The zero-order valence-electron chi connectivity index (χ0n) is 19.4. The molecule has 8 nitrogen and oxygen atoms in total. The Morgan fingerprint density at radius 2 is 1.62 bits per heavy atom. The zero-order chi connectivity index (χ0) is 23.7. The molecular weight excluding hydrogens is 432 g/mol. The average molecular weight is 463 g/mol. The highest BCUT2D eigenvalue weighted by Gasteiger charge is 2.35. The van der Waals surface area contributed by atoms with Crippen LogP contribution in [0.2, 0.25) is 0 Å². The van der Waals surface area contributed by atoms with E-state index in [1.165, 1.54) is 7.11 Å². The molecule has 0 aliphatic carbocycles. The maximum absolute atomic E-state index is 13.2. The monoisotopic (exact) mass is 462 g/mol. The second-order valence-electron chi connectivity index (χ2n) is 9.09. The molecule has 2 saturated heterocycles. The summed E-state index contributed by atoms with van der Waals surface area (Å²) in [7, 11) is 1.32. The van der Waals surface area contributed by atoms with Crippen molar-refractivity contribution in [2.24, 2.45) is 0 Å². The number of methoxy groups -OCH3 is 1. The lowest BCUT2D eigenvalue weighted by molar-refractivity contribution is 0.0180. The summed E-state index contributed by atoms with van der Waals surface area (Å²) in [6.07, 6.45) is 4.82. The molecule has 1 unspecified atom stereocenters. The summed E-state index contributed by atoms with van der Waals surface area (Å²) < 4.78 is 6.77. The van der Waals surface area contributed by atoms with Crippen molar-refractivity contribution < 1.29 is 14.3 Å². The third-order valence-electron chi connectivity index (χ3n) is 7.22. The van der Waals surface area contributed by atoms with Crippen LogP contribution in [-0.2, 0) is 4.74 Å². The van der Waals surface area contributed by atoms with E-state index in [4.69, 9.17) is 4.74 Å². The van der Waals surface area contributed by atoms with E-state index in [-0.39, 0.29) is 17.8 Å². The number of piperidine rings is 2. The van der Waals surface area contributed by atoms with Crippen LogP contribution in [0.15, 0.2) is 53.3 Å². The average Bonchev–Trinajstić information content (AvgIpc) is 3.23. The van der Waals surface area contributed by atoms with Crippen LogP contribution in [0.3, 0.4) is 0 Å². The molecule has 0 radical (unpaired) electrons. The van der Waals surface area contributed by atoms with Crippen LogP contribution in [-0.4, -0.2) is 64.0 Å². The van der Waals surface area contributed by atoms with E-state index in [1.807, 2.05) is 33.7 Å². The fourth-order valence-corrected chi connectivity index (χ4v) is 5.54. The molecule has 8 heteroatoms. The number of ether oxygens (including phenoxy) is 1. The smallest absolute Gasteiger partial charge is 0.338 e. The van der Waals surface area contributed by atoms with Gasteiger partial charge in [-0.05, 0) is 56.4 Å². The van der Waals surface area contributed by atoms with E-state index in [9.17, 15) is 14.4 Å². The number of carbonyl (C=O) groups excluding carboxylic acids is 2. The van der Waals surface area contributed by atoms with Gasteiger partial charge >= 0.3 is 11.7 Å². The van der Waals surface area contributed by atoms with Crippen LogP contribution >= 0.6 is 0 Å². The fraction of sp³-hybridized carbons (Fsp3) is 0.423. The number of para-hydroxylation sites is 2. The number of aromatic nitrogens is 2. The number of fused-ring (bicyclic) bond motifs is 1. The molecule has 2 aliphatic heterocycles. The molecule has 178 valence electrons. The molecule has 3 aromatic rings. The summed E-state index contributed by atoms with van der Waals surface area (Å²) in [5, 5.41) is 0. The Kier molecular flexibility index (Phi) is 6.24. The second kappa shape index (κ2) is 9.46. The number of nitrogens with zero attached hydrogens (tertiary/aromatic N) is 3. The lowest BCUT2D eigenvalue weighted by Crippen LogP contribution is -2.51. The first-order valence-electron chi connectivity index (χ1n) is 12.0. The highest BCUT2D eigenvalue weighted by atomic mass is 16.5. The van der Waals surface area contributed by atoms with Crippen molar-refractivity contribution in [3.05, 3.63) is 70.1 Å². The topological polar surface area (TPSA) is 87.6 Å². The van der Waals surface area contributed by atoms with Crippen LogP contribution in [0.25, 0.3) is 11.0 Å². The first-order chi connectivity index (χ1) is 16.6. The molecule has 2 fully saturated rings. The number of amides is 1. The van der Waals surface area contributed by atoms with Gasteiger partial charge in [-0.25, -0.2) is 9.59 Å². The SMILES string of the molecule is COC(=O)c1ccccc1C(=O)N1CCC(N2CCCCC2n2c(=O)[nH]c3ccccc32)CC1. The Hall–Kier alpha value is -3.39. The van der Waals surface area contributed by atoms with Crippen molar-refractivity contribution in [2.75, 3.05) is 26.7 Å². The highest BCUT2D eigenvalue weighted by molar-refractivity contribution is 6.05. The van der Waals surface area contributed by atoms with Crippen LogP contribution in [0.1, 0.15) is 59.0 Å². The lowest BCUT2D eigenvalue weighted by Gasteiger charge is -2.44. The number of hydrogen-bond donors (Lipinski definition) is 1. The molecule has 5 rings (SSSR count). The summed E-state index contributed by atoms with van der Waals surface area (Å²) in [5.74, 6) is -0.637. The molecule has 0 spiro atoms. The third-order valence-corrected chi connectivity index (χ3v) is 7.22. The molecule has 0 bridgehead atoms. The van der Waals surface area contributed by atoms with Gasteiger partial charge in [-0.2, -0.15) is 0 Å². The Morgan fingerprint density at radius 3 is 2.38 bits per heavy atom. The summed E-state index contributed by atoms with van der Waals surface area (Å²) in [4.78, 5) is 45.5. The third kappa shape index (κ3) is 4.03. The molecule has 0 saturated carbocycles. The van der Waals surface area contributed by atoms with Gasteiger partial charge in [0.1, 0.15) is 0 Å². The quantitative estimate of drug-likeness (QED) is 0.601. The summed E-state index contributed by atoms with van der Waals surface area (Å²) in [5.41, 5.74) is 2.42. The van der Waals surface area contributed by atoms with Gasteiger partial charge in [-0.3, -0.25) is 14.3 Å². The number of carbonyl (C=O) groups is 2. The van der Waals surface area contributed by atoms with Crippen LogP contribution in [0.4, 0.5) is 0 Å². The number of imidazole rings is 1. The van der Waals surface area contributed by atoms with E-state index >= 15 is 0 Å².